The largest absolute Gasteiger partial charge is 0.494 e. The molecule has 17 heavy (non-hydrogen) atoms. The van der Waals surface area contributed by atoms with Gasteiger partial charge >= 0.3 is 0 Å². The number of hydrogen-bond donors (Lipinski definition) is 1. The fourth-order valence-electron chi connectivity index (χ4n) is 2.15. The second-order valence-corrected chi connectivity index (χ2v) is 4.90. The third kappa shape index (κ3) is 3.74. The van der Waals surface area contributed by atoms with E-state index in [0.717, 1.165) is 24.7 Å². The molecule has 2 nitrogen and oxygen atoms in total. The molecule has 0 saturated heterocycles. The molecule has 0 radical (unpaired) electrons. The highest BCUT2D eigenvalue weighted by molar-refractivity contribution is 5.29. The number of rotatable bonds is 7. The first-order chi connectivity index (χ1) is 8.33. The molecular formula is C15H23NO. The summed E-state index contributed by atoms with van der Waals surface area (Å²) in [6, 6.07) is 8.95. The van der Waals surface area contributed by atoms with Gasteiger partial charge in [-0.1, -0.05) is 31.9 Å². The van der Waals surface area contributed by atoms with Gasteiger partial charge in [-0.15, -0.1) is 0 Å². The van der Waals surface area contributed by atoms with E-state index in [0.29, 0.717) is 6.04 Å². The third-order valence-corrected chi connectivity index (χ3v) is 3.53. The summed E-state index contributed by atoms with van der Waals surface area (Å²) in [6.45, 7) is 3.06. The van der Waals surface area contributed by atoms with Gasteiger partial charge in [-0.05, 0) is 43.5 Å². The van der Waals surface area contributed by atoms with Crippen LogP contribution < -0.4 is 10.1 Å². The summed E-state index contributed by atoms with van der Waals surface area (Å²) < 4.78 is 5.74. The van der Waals surface area contributed by atoms with Gasteiger partial charge in [-0.25, -0.2) is 0 Å². The van der Waals surface area contributed by atoms with Crippen molar-refractivity contribution >= 4 is 0 Å². The van der Waals surface area contributed by atoms with E-state index in [1.54, 1.807) is 0 Å². The normalized spacial score (nSPS) is 16.8. The van der Waals surface area contributed by atoms with Crippen molar-refractivity contribution in [2.24, 2.45) is 5.92 Å². The Morgan fingerprint density at radius 2 is 2.00 bits per heavy atom. The maximum Gasteiger partial charge on any atom is 0.119 e. The predicted octanol–water partition coefficient (Wildman–Crippen LogP) is 3.54. The highest BCUT2D eigenvalue weighted by atomic mass is 16.5. The third-order valence-electron chi connectivity index (χ3n) is 3.53. The van der Waals surface area contributed by atoms with Gasteiger partial charge in [0.1, 0.15) is 5.75 Å². The number of benzene rings is 1. The van der Waals surface area contributed by atoms with Crippen molar-refractivity contribution < 1.29 is 4.74 Å². The summed E-state index contributed by atoms with van der Waals surface area (Å²) in [7, 11) is 2.01. The van der Waals surface area contributed by atoms with E-state index in [-0.39, 0.29) is 0 Å². The van der Waals surface area contributed by atoms with Gasteiger partial charge in [0.2, 0.25) is 0 Å². The smallest absolute Gasteiger partial charge is 0.119 e. The Balaban J connectivity index is 1.83. The zero-order valence-electron chi connectivity index (χ0n) is 10.9. The lowest BCUT2D eigenvalue weighted by atomic mass is 10.0. The van der Waals surface area contributed by atoms with E-state index in [9.17, 15) is 0 Å². The minimum atomic E-state index is 0.454. The molecule has 1 aliphatic rings. The van der Waals surface area contributed by atoms with E-state index in [1.807, 2.05) is 7.05 Å². The van der Waals surface area contributed by atoms with Crippen molar-refractivity contribution in [1.82, 2.24) is 5.32 Å². The van der Waals surface area contributed by atoms with Gasteiger partial charge in [-0.2, -0.15) is 0 Å². The molecule has 0 aromatic heterocycles. The molecule has 1 unspecified atom stereocenters. The van der Waals surface area contributed by atoms with Crippen LogP contribution in [0.2, 0.25) is 0 Å². The monoisotopic (exact) mass is 233 g/mol. The van der Waals surface area contributed by atoms with Gasteiger partial charge in [0.25, 0.3) is 0 Å². The Bertz CT molecular complexity index is 325. The Hall–Kier alpha value is -1.02. The average molecular weight is 233 g/mol. The van der Waals surface area contributed by atoms with Gasteiger partial charge in [-0.3, -0.25) is 0 Å². The lowest BCUT2D eigenvalue weighted by Gasteiger charge is -2.14. The molecule has 1 saturated carbocycles. The van der Waals surface area contributed by atoms with Crippen molar-refractivity contribution in [1.29, 1.82) is 0 Å². The summed E-state index contributed by atoms with van der Waals surface area (Å²) in [5.41, 5.74) is 1.34. The molecule has 0 aliphatic heterocycles. The molecule has 1 N–H and O–H groups in total. The minimum Gasteiger partial charge on any atom is -0.494 e. The molecule has 94 valence electrons. The first-order valence-electron chi connectivity index (χ1n) is 6.73. The average Bonchev–Trinajstić information content (AvgIpc) is 3.17. The molecule has 1 aromatic carbocycles. The summed E-state index contributed by atoms with van der Waals surface area (Å²) >= 11 is 0. The lowest BCUT2D eigenvalue weighted by molar-refractivity contribution is 0.302. The highest BCUT2D eigenvalue weighted by Crippen LogP contribution is 2.32. The van der Waals surface area contributed by atoms with Gasteiger partial charge < -0.3 is 10.1 Å². The van der Waals surface area contributed by atoms with Crippen LogP contribution >= 0.6 is 0 Å². The fraction of sp³-hybridized carbons (Fsp3) is 0.600. The zero-order chi connectivity index (χ0) is 12.1. The number of hydrogen-bond acceptors (Lipinski definition) is 2. The van der Waals surface area contributed by atoms with Crippen LogP contribution in [0.3, 0.4) is 0 Å². The van der Waals surface area contributed by atoms with Crippen LogP contribution in [-0.4, -0.2) is 13.7 Å². The predicted molar refractivity (Wildman–Crippen MR) is 71.4 cm³/mol. The quantitative estimate of drug-likeness (QED) is 0.778. The number of nitrogens with one attached hydrogen (secondary N) is 1. The van der Waals surface area contributed by atoms with Crippen LogP contribution in [-0.2, 0) is 0 Å². The SMILES string of the molecule is CCC(NC)c1ccc(OCCC2CC2)cc1. The Morgan fingerprint density at radius 1 is 1.29 bits per heavy atom. The van der Waals surface area contributed by atoms with E-state index < -0.39 is 0 Å². The van der Waals surface area contributed by atoms with Crippen LogP contribution in [0.25, 0.3) is 0 Å². The van der Waals surface area contributed by atoms with Crippen LogP contribution in [0, 0.1) is 5.92 Å². The van der Waals surface area contributed by atoms with Crippen LogP contribution in [0.15, 0.2) is 24.3 Å². The summed E-state index contributed by atoms with van der Waals surface area (Å²) in [6.07, 6.45) is 5.14. The number of ether oxygens (including phenoxy) is 1. The zero-order valence-corrected chi connectivity index (χ0v) is 10.9. The molecule has 2 heteroatoms. The molecule has 0 bridgehead atoms. The second-order valence-electron chi connectivity index (χ2n) is 4.90. The first kappa shape index (κ1) is 12.4. The first-order valence-corrected chi connectivity index (χ1v) is 6.73. The molecule has 1 fully saturated rings. The lowest BCUT2D eigenvalue weighted by Crippen LogP contribution is -2.14. The van der Waals surface area contributed by atoms with E-state index >= 15 is 0 Å². The Labute approximate surface area is 104 Å². The van der Waals surface area contributed by atoms with Crippen molar-refractivity contribution in [3.63, 3.8) is 0 Å². The van der Waals surface area contributed by atoms with Gasteiger partial charge in [0.05, 0.1) is 6.61 Å². The van der Waals surface area contributed by atoms with Gasteiger partial charge in [0, 0.05) is 6.04 Å². The summed E-state index contributed by atoms with van der Waals surface area (Å²) in [5.74, 6) is 1.95. The van der Waals surface area contributed by atoms with Crippen molar-refractivity contribution in [3.05, 3.63) is 29.8 Å². The van der Waals surface area contributed by atoms with E-state index in [1.165, 1.54) is 24.8 Å². The molecule has 1 aliphatic carbocycles. The van der Waals surface area contributed by atoms with Crippen molar-refractivity contribution in [3.8, 4) is 5.75 Å². The highest BCUT2D eigenvalue weighted by Gasteiger charge is 2.20. The molecule has 2 rings (SSSR count). The summed E-state index contributed by atoms with van der Waals surface area (Å²) in [5, 5.41) is 3.31. The van der Waals surface area contributed by atoms with Crippen LogP contribution in [0.4, 0.5) is 0 Å². The van der Waals surface area contributed by atoms with E-state index in [4.69, 9.17) is 4.74 Å². The van der Waals surface area contributed by atoms with Crippen LogP contribution in [0.1, 0.15) is 44.2 Å². The maximum atomic E-state index is 5.74. The molecule has 1 atom stereocenters. The fourth-order valence-corrected chi connectivity index (χ4v) is 2.15. The standard InChI is InChI=1S/C15H23NO/c1-3-15(16-2)13-6-8-14(9-7-13)17-11-10-12-4-5-12/h6-9,12,15-16H,3-5,10-11H2,1-2H3. The summed E-state index contributed by atoms with van der Waals surface area (Å²) in [4.78, 5) is 0. The molecule has 1 aromatic rings. The Morgan fingerprint density at radius 3 is 2.53 bits per heavy atom. The topological polar surface area (TPSA) is 21.3 Å². The van der Waals surface area contributed by atoms with E-state index in [2.05, 4.69) is 36.5 Å². The van der Waals surface area contributed by atoms with Crippen molar-refractivity contribution in [2.45, 2.75) is 38.6 Å². The minimum absolute atomic E-state index is 0.454. The molecular weight excluding hydrogens is 210 g/mol. The van der Waals surface area contributed by atoms with Crippen molar-refractivity contribution in [2.75, 3.05) is 13.7 Å². The van der Waals surface area contributed by atoms with Gasteiger partial charge in [0.15, 0.2) is 0 Å². The maximum absolute atomic E-state index is 5.74. The van der Waals surface area contributed by atoms with Crippen LogP contribution in [0.5, 0.6) is 5.75 Å². The molecule has 0 spiro atoms. The second kappa shape index (κ2) is 6.06. The molecule has 0 amide bonds. The molecule has 0 heterocycles. The Kier molecular flexibility index (Phi) is 4.43.